The fourth-order valence-corrected chi connectivity index (χ4v) is 1.11. The van der Waals surface area contributed by atoms with Gasteiger partial charge in [0.2, 0.25) is 0 Å². The number of hydrogen-bond donors (Lipinski definition) is 0. The summed E-state index contributed by atoms with van der Waals surface area (Å²) in [6.07, 6.45) is 2.17. The normalized spacial score (nSPS) is 11.7. The summed E-state index contributed by atoms with van der Waals surface area (Å²) in [5.41, 5.74) is 0.528. The summed E-state index contributed by atoms with van der Waals surface area (Å²) < 4.78 is 7.07. The van der Waals surface area contributed by atoms with E-state index in [2.05, 4.69) is 5.10 Å². The van der Waals surface area contributed by atoms with Crippen LogP contribution in [-0.2, 0) is 23.0 Å². The van der Waals surface area contributed by atoms with Gasteiger partial charge in [-0.3, -0.25) is 9.48 Å². The molecule has 1 aromatic rings. The van der Waals surface area contributed by atoms with E-state index in [4.69, 9.17) is 4.74 Å². The molecule has 0 saturated carbocycles. The number of aryl methyl sites for hydroxylation is 1. The maximum Gasteiger partial charge on any atom is 0.164 e. The molecule has 0 spiro atoms. The van der Waals surface area contributed by atoms with Crippen LogP contribution in [0.4, 0.5) is 0 Å². The molecule has 0 amide bonds. The Kier molecular flexibility index (Phi) is 3.63. The van der Waals surface area contributed by atoms with Crippen molar-refractivity contribution < 1.29 is 9.53 Å². The Bertz CT molecular complexity index is 337. The van der Waals surface area contributed by atoms with Gasteiger partial charge >= 0.3 is 0 Å². The average Bonchev–Trinajstić information content (AvgIpc) is 2.47. The van der Waals surface area contributed by atoms with E-state index in [1.54, 1.807) is 4.68 Å². The average molecular weight is 210 g/mol. The maximum atomic E-state index is 11.5. The lowest BCUT2D eigenvalue weighted by Crippen LogP contribution is -2.24. The van der Waals surface area contributed by atoms with E-state index in [0.717, 1.165) is 5.69 Å². The molecule has 0 unspecified atom stereocenters. The van der Waals surface area contributed by atoms with Crippen molar-refractivity contribution in [2.45, 2.75) is 32.8 Å². The molecule has 0 N–H and O–H groups in total. The molecule has 0 aromatic carbocycles. The smallest absolute Gasteiger partial charge is 0.164 e. The number of rotatable bonds is 4. The molecular weight excluding hydrogens is 192 g/mol. The van der Waals surface area contributed by atoms with Crippen LogP contribution in [0.5, 0.6) is 0 Å². The Hall–Kier alpha value is -1.16. The summed E-state index contributed by atoms with van der Waals surface area (Å²) in [6, 6.07) is 1.84. The molecule has 0 radical (unpaired) electrons. The molecule has 0 atom stereocenters. The molecule has 0 aliphatic carbocycles. The third-order valence-electron chi connectivity index (χ3n) is 1.81. The van der Waals surface area contributed by atoms with Gasteiger partial charge in [0.15, 0.2) is 5.78 Å². The number of hydrogen-bond acceptors (Lipinski definition) is 3. The third kappa shape index (κ3) is 4.74. The van der Waals surface area contributed by atoms with Crippen LogP contribution in [0.15, 0.2) is 12.3 Å². The Labute approximate surface area is 90.2 Å². The molecule has 1 aromatic heterocycles. The number of carbonyl (C=O) groups excluding carboxylic acids is 1. The first-order valence-electron chi connectivity index (χ1n) is 5.01. The van der Waals surface area contributed by atoms with Gasteiger partial charge in [0.25, 0.3) is 0 Å². The fraction of sp³-hybridized carbons (Fsp3) is 0.636. The van der Waals surface area contributed by atoms with E-state index >= 15 is 0 Å². The lowest BCUT2D eigenvalue weighted by molar-refractivity contribution is -0.127. The maximum absolute atomic E-state index is 11.5. The lowest BCUT2D eigenvalue weighted by Gasteiger charge is -2.18. The highest BCUT2D eigenvalue weighted by atomic mass is 16.5. The van der Waals surface area contributed by atoms with Crippen molar-refractivity contribution in [2.24, 2.45) is 7.05 Å². The minimum absolute atomic E-state index is 0.0589. The summed E-state index contributed by atoms with van der Waals surface area (Å²) in [4.78, 5) is 11.5. The van der Waals surface area contributed by atoms with Gasteiger partial charge in [0.1, 0.15) is 6.61 Å². The van der Waals surface area contributed by atoms with Crippen molar-refractivity contribution in [3.63, 3.8) is 0 Å². The largest absolute Gasteiger partial charge is 0.368 e. The molecule has 4 nitrogen and oxygen atoms in total. The summed E-state index contributed by atoms with van der Waals surface area (Å²) in [5, 5.41) is 4.14. The number of Topliss-reactive ketones (excluding diaryl/α,β-unsaturated/α-hetero) is 1. The van der Waals surface area contributed by atoms with Crippen LogP contribution in [0, 0.1) is 0 Å². The SMILES string of the molecule is Cn1ccc(CC(=O)COC(C)(C)C)n1. The molecule has 0 saturated heterocycles. The highest BCUT2D eigenvalue weighted by Crippen LogP contribution is 2.07. The fourth-order valence-electron chi connectivity index (χ4n) is 1.11. The van der Waals surface area contributed by atoms with Gasteiger partial charge in [0.05, 0.1) is 17.7 Å². The van der Waals surface area contributed by atoms with E-state index in [1.165, 1.54) is 0 Å². The zero-order valence-corrected chi connectivity index (χ0v) is 9.78. The topological polar surface area (TPSA) is 44.1 Å². The molecule has 1 heterocycles. The van der Waals surface area contributed by atoms with E-state index in [0.29, 0.717) is 6.42 Å². The first kappa shape index (κ1) is 11.9. The molecule has 1 rings (SSSR count). The molecule has 0 fully saturated rings. The summed E-state index contributed by atoms with van der Waals surface area (Å²) in [7, 11) is 1.83. The summed E-state index contributed by atoms with van der Waals surface area (Å²) in [6.45, 7) is 5.95. The van der Waals surface area contributed by atoms with Gasteiger partial charge in [-0.25, -0.2) is 0 Å². The standard InChI is InChI=1S/C11H18N2O2/c1-11(2,3)15-8-10(14)7-9-5-6-13(4)12-9/h5-6H,7-8H2,1-4H3. The molecule has 0 aliphatic rings. The van der Waals surface area contributed by atoms with E-state index in [9.17, 15) is 4.79 Å². The predicted octanol–water partition coefficient (Wildman–Crippen LogP) is 1.35. The van der Waals surface area contributed by atoms with Crippen molar-refractivity contribution >= 4 is 5.78 Å². The molecular formula is C11H18N2O2. The van der Waals surface area contributed by atoms with E-state index < -0.39 is 0 Å². The summed E-state index contributed by atoms with van der Waals surface area (Å²) in [5.74, 6) is 0.0589. The molecule has 0 bridgehead atoms. The highest BCUT2D eigenvalue weighted by Gasteiger charge is 2.13. The van der Waals surface area contributed by atoms with Gasteiger partial charge in [-0.15, -0.1) is 0 Å². The summed E-state index contributed by atoms with van der Waals surface area (Å²) >= 11 is 0. The minimum atomic E-state index is -0.264. The van der Waals surface area contributed by atoms with Crippen molar-refractivity contribution in [2.75, 3.05) is 6.61 Å². The first-order valence-corrected chi connectivity index (χ1v) is 5.01. The Morgan fingerprint density at radius 3 is 2.67 bits per heavy atom. The molecule has 15 heavy (non-hydrogen) atoms. The van der Waals surface area contributed by atoms with Crippen LogP contribution in [0.25, 0.3) is 0 Å². The molecule has 0 aliphatic heterocycles. The van der Waals surface area contributed by atoms with Crippen LogP contribution in [-0.4, -0.2) is 27.8 Å². The minimum Gasteiger partial charge on any atom is -0.368 e. The van der Waals surface area contributed by atoms with Crippen LogP contribution in [0.2, 0.25) is 0 Å². The van der Waals surface area contributed by atoms with Crippen LogP contribution < -0.4 is 0 Å². The van der Waals surface area contributed by atoms with Gasteiger partial charge in [-0.05, 0) is 26.8 Å². The number of carbonyl (C=O) groups is 1. The predicted molar refractivity (Wildman–Crippen MR) is 57.6 cm³/mol. The van der Waals surface area contributed by atoms with Gasteiger partial charge < -0.3 is 4.74 Å². The Morgan fingerprint density at radius 1 is 1.53 bits per heavy atom. The van der Waals surface area contributed by atoms with Gasteiger partial charge in [-0.2, -0.15) is 5.10 Å². The van der Waals surface area contributed by atoms with Gasteiger partial charge in [-0.1, -0.05) is 0 Å². The number of ether oxygens (including phenoxy) is 1. The van der Waals surface area contributed by atoms with E-state index in [-0.39, 0.29) is 18.0 Å². The number of nitrogens with zero attached hydrogens (tertiary/aromatic N) is 2. The quantitative estimate of drug-likeness (QED) is 0.753. The number of ketones is 1. The van der Waals surface area contributed by atoms with Crippen molar-refractivity contribution in [1.29, 1.82) is 0 Å². The zero-order chi connectivity index (χ0) is 11.5. The second-order valence-electron chi connectivity index (χ2n) is 4.60. The molecule has 84 valence electrons. The second-order valence-corrected chi connectivity index (χ2v) is 4.60. The van der Waals surface area contributed by atoms with Crippen molar-refractivity contribution in [1.82, 2.24) is 9.78 Å². The highest BCUT2D eigenvalue weighted by molar-refractivity contribution is 5.81. The monoisotopic (exact) mass is 210 g/mol. The first-order chi connectivity index (χ1) is 6.87. The number of aromatic nitrogens is 2. The Morgan fingerprint density at radius 2 is 2.20 bits per heavy atom. The zero-order valence-electron chi connectivity index (χ0n) is 9.78. The van der Waals surface area contributed by atoms with Gasteiger partial charge in [0, 0.05) is 13.2 Å². The lowest BCUT2D eigenvalue weighted by atomic mass is 10.2. The Balaban J connectivity index is 2.37. The van der Waals surface area contributed by atoms with Crippen molar-refractivity contribution in [3.8, 4) is 0 Å². The second kappa shape index (κ2) is 4.57. The van der Waals surface area contributed by atoms with Crippen LogP contribution >= 0.6 is 0 Å². The van der Waals surface area contributed by atoms with E-state index in [1.807, 2.05) is 40.1 Å². The molecule has 4 heteroatoms. The van der Waals surface area contributed by atoms with Crippen molar-refractivity contribution in [3.05, 3.63) is 18.0 Å². The van der Waals surface area contributed by atoms with Crippen LogP contribution in [0.1, 0.15) is 26.5 Å². The van der Waals surface area contributed by atoms with Crippen LogP contribution in [0.3, 0.4) is 0 Å². The third-order valence-corrected chi connectivity index (χ3v) is 1.81.